The highest BCUT2D eigenvalue weighted by Gasteiger charge is 2.63. The maximum Gasteiger partial charge on any atom is 0.259 e. The molecule has 9 nitrogen and oxygen atoms in total. The molecule has 5 atom stereocenters. The van der Waals surface area contributed by atoms with Crippen molar-refractivity contribution in [1.82, 2.24) is 14.9 Å². The van der Waals surface area contributed by atoms with Crippen molar-refractivity contribution in [1.29, 1.82) is 0 Å². The van der Waals surface area contributed by atoms with E-state index < -0.39 is 50.1 Å². The molecule has 3 fully saturated rings. The third-order valence-electron chi connectivity index (χ3n) is 7.65. The minimum Gasteiger partial charge on any atom is -0.393 e. The number of allylic oxidation sites excluding steroid dienone is 1. The highest BCUT2D eigenvalue weighted by molar-refractivity contribution is 7.91. The molecule has 3 amide bonds. The van der Waals surface area contributed by atoms with Gasteiger partial charge >= 0.3 is 0 Å². The number of rotatable bonds is 3. The van der Waals surface area contributed by atoms with Crippen molar-refractivity contribution in [2.75, 3.05) is 13.6 Å². The van der Waals surface area contributed by atoms with Crippen LogP contribution >= 0.6 is 0 Å². The highest BCUT2D eigenvalue weighted by atomic mass is 32.2. The molecule has 0 bridgehead atoms. The monoisotopic (exact) mass is 467 g/mol. The highest BCUT2D eigenvalue weighted by Crippen LogP contribution is 2.48. The Hall–Kier alpha value is -1.94. The third-order valence-corrected chi connectivity index (χ3v) is 9.81. The van der Waals surface area contributed by atoms with Crippen LogP contribution in [0.2, 0.25) is 0 Å². The van der Waals surface area contributed by atoms with Gasteiger partial charge in [0.2, 0.25) is 21.8 Å². The van der Waals surface area contributed by atoms with E-state index in [2.05, 4.69) is 10.0 Å². The zero-order valence-corrected chi connectivity index (χ0v) is 19.5. The van der Waals surface area contributed by atoms with Gasteiger partial charge < -0.3 is 15.3 Å². The van der Waals surface area contributed by atoms with Gasteiger partial charge in [-0.1, -0.05) is 12.2 Å². The van der Waals surface area contributed by atoms with Crippen LogP contribution in [0.15, 0.2) is 12.2 Å². The molecule has 4 rings (SSSR count). The van der Waals surface area contributed by atoms with Gasteiger partial charge in [0.25, 0.3) is 5.91 Å². The molecule has 0 saturated heterocycles. The van der Waals surface area contributed by atoms with Crippen LogP contribution in [0.1, 0.15) is 58.3 Å². The van der Waals surface area contributed by atoms with Crippen LogP contribution in [0.25, 0.3) is 0 Å². The van der Waals surface area contributed by atoms with E-state index in [4.69, 9.17) is 0 Å². The van der Waals surface area contributed by atoms with E-state index in [1.165, 1.54) is 0 Å². The molecule has 1 heterocycles. The molecular weight excluding hydrogens is 434 g/mol. The van der Waals surface area contributed by atoms with Crippen molar-refractivity contribution < 1.29 is 27.9 Å². The SMILES string of the molecule is CN1CCCC/C=C\[C@H]2C[C@@]2(C(=O)NS(=O)(=O)C2(C)CC2)NC(=O)[C@@H]2C[C@@H](O)C[C@H]2C1=O. The lowest BCUT2D eigenvalue weighted by Gasteiger charge is -2.27. The van der Waals surface area contributed by atoms with Gasteiger partial charge in [-0.25, -0.2) is 8.42 Å². The molecule has 0 unspecified atom stereocenters. The van der Waals surface area contributed by atoms with Gasteiger partial charge in [-0.15, -0.1) is 0 Å². The molecule has 4 aliphatic rings. The van der Waals surface area contributed by atoms with Gasteiger partial charge in [0.1, 0.15) is 5.54 Å². The van der Waals surface area contributed by atoms with E-state index in [-0.39, 0.29) is 24.7 Å². The first kappa shape index (κ1) is 23.2. The van der Waals surface area contributed by atoms with E-state index >= 15 is 0 Å². The molecule has 3 aliphatic carbocycles. The van der Waals surface area contributed by atoms with Gasteiger partial charge in [-0.05, 0) is 58.3 Å². The second kappa shape index (κ2) is 8.13. The van der Waals surface area contributed by atoms with Gasteiger partial charge in [0.15, 0.2) is 0 Å². The average molecular weight is 468 g/mol. The Labute approximate surface area is 189 Å². The van der Waals surface area contributed by atoms with Gasteiger partial charge in [-0.2, -0.15) is 0 Å². The Morgan fingerprint density at radius 1 is 1.22 bits per heavy atom. The number of hydrogen-bond donors (Lipinski definition) is 3. The van der Waals surface area contributed by atoms with E-state index in [1.807, 2.05) is 12.2 Å². The molecule has 1 aliphatic heterocycles. The Morgan fingerprint density at radius 2 is 1.91 bits per heavy atom. The Morgan fingerprint density at radius 3 is 2.59 bits per heavy atom. The summed E-state index contributed by atoms with van der Waals surface area (Å²) < 4.78 is 26.5. The smallest absolute Gasteiger partial charge is 0.259 e. The van der Waals surface area contributed by atoms with Gasteiger partial charge in [0.05, 0.1) is 22.7 Å². The Kier molecular flexibility index (Phi) is 5.90. The molecule has 3 saturated carbocycles. The summed E-state index contributed by atoms with van der Waals surface area (Å²) in [6, 6.07) is 0. The second-order valence-electron chi connectivity index (χ2n) is 10.2. The molecule has 0 aromatic carbocycles. The number of nitrogens with zero attached hydrogens (tertiary/aromatic N) is 1. The molecule has 178 valence electrons. The van der Waals surface area contributed by atoms with Crippen molar-refractivity contribution in [2.24, 2.45) is 17.8 Å². The molecule has 0 aromatic rings. The lowest BCUT2D eigenvalue weighted by atomic mass is 9.93. The summed E-state index contributed by atoms with van der Waals surface area (Å²) >= 11 is 0. The first-order chi connectivity index (χ1) is 15.0. The number of carbonyl (C=O) groups is 3. The van der Waals surface area contributed by atoms with Crippen LogP contribution in [0.5, 0.6) is 0 Å². The van der Waals surface area contributed by atoms with E-state index in [0.29, 0.717) is 25.8 Å². The summed E-state index contributed by atoms with van der Waals surface area (Å²) in [5.41, 5.74) is -1.34. The maximum atomic E-state index is 13.2. The quantitative estimate of drug-likeness (QED) is 0.516. The molecule has 10 heteroatoms. The summed E-state index contributed by atoms with van der Waals surface area (Å²) in [4.78, 5) is 41.0. The summed E-state index contributed by atoms with van der Waals surface area (Å²) in [5.74, 6) is -3.09. The molecule has 3 N–H and O–H groups in total. The van der Waals surface area contributed by atoms with Crippen molar-refractivity contribution >= 4 is 27.7 Å². The zero-order chi connectivity index (χ0) is 23.3. The standard InChI is InChI=1S/C22H33N3O6S/c1-21(8-9-21)32(30,31)24-20(29)22-13-14(22)7-5-3-4-6-10-25(2)19(28)17-12-15(26)11-16(17)18(27)23-22/h5,7,14-17,26H,3-4,6,8-13H2,1-2H3,(H,23,27)(H,24,29)/b7-5-/t14-,15+,16+,17+,22+/m0/s1. The third kappa shape index (κ3) is 4.19. The fourth-order valence-corrected chi connectivity index (χ4v) is 6.23. The number of fused-ring (bicyclic) bond motifs is 2. The largest absolute Gasteiger partial charge is 0.393 e. The summed E-state index contributed by atoms with van der Waals surface area (Å²) in [6.45, 7) is 2.18. The minimum absolute atomic E-state index is 0.144. The van der Waals surface area contributed by atoms with E-state index in [0.717, 1.165) is 19.3 Å². The minimum atomic E-state index is -3.84. The number of aliphatic hydroxyl groups is 1. The predicted molar refractivity (Wildman–Crippen MR) is 117 cm³/mol. The summed E-state index contributed by atoms with van der Waals surface area (Å²) in [5, 5.41) is 13.0. The average Bonchev–Trinajstić information content (AvgIpc) is 3.60. The van der Waals surface area contributed by atoms with E-state index in [1.54, 1.807) is 18.9 Å². The van der Waals surface area contributed by atoms with Crippen LogP contribution in [0, 0.1) is 17.8 Å². The maximum absolute atomic E-state index is 13.2. The number of amides is 3. The first-order valence-corrected chi connectivity index (χ1v) is 13.0. The van der Waals surface area contributed by atoms with Crippen molar-refractivity contribution in [2.45, 2.75) is 74.7 Å². The molecule has 0 spiro atoms. The van der Waals surface area contributed by atoms with Crippen LogP contribution in [-0.2, 0) is 24.4 Å². The molecular formula is C22H33N3O6S. The number of nitrogens with one attached hydrogen (secondary N) is 2. The zero-order valence-electron chi connectivity index (χ0n) is 18.7. The normalized spacial score (nSPS) is 38.0. The number of sulfonamides is 1. The van der Waals surface area contributed by atoms with E-state index in [9.17, 15) is 27.9 Å². The molecule has 0 aromatic heterocycles. The first-order valence-electron chi connectivity index (χ1n) is 11.5. The molecule has 0 radical (unpaired) electrons. The molecule has 32 heavy (non-hydrogen) atoms. The van der Waals surface area contributed by atoms with Crippen molar-refractivity contribution in [3.8, 4) is 0 Å². The van der Waals surface area contributed by atoms with Crippen molar-refractivity contribution in [3.05, 3.63) is 12.2 Å². The number of aliphatic hydroxyl groups excluding tert-OH is 1. The number of hydrogen-bond acceptors (Lipinski definition) is 6. The van der Waals surface area contributed by atoms with Crippen molar-refractivity contribution in [3.63, 3.8) is 0 Å². The fraction of sp³-hybridized carbons (Fsp3) is 0.773. The lowest BCUT2D eigenvalue weighted by molar-refractivity contribution is -0.140. The van der Waals surface area contributed by atoms with Crippen LogP contribution < -0.4 is 10.0 Å². The fourth-order valence-electron chi connectivity index (χ4n) is 4.91. The lowest BCUT2D eigenvalue weighted by Crippen LogP contribution is -2.55. The summed E-state index contributed by atoms with van der Waals surface area (Å²) in [6.07, 6.45) is 7.17. The van der Waals surface area contributed by atoms with Crippen LogP contribution in [0.4, 0.5) is 0 Å². The Balaban J connectivity index is 1.59. The second-order valence-corrected chi connectivity index (χ2v) is 12.4. The van der Waals surface area contributed by atoms with Crippen LogP contribution in [0.3, 0.4) is 0 Å². The predicted octanol–water partition coefficient (Wildman–Crippen LogP) is 0.445. The number of carbonyl (C=O) groups excluding carboxylic acids is 3. The Bertz CT molecular complexity index is 943. The van der Waals surface area contributed by atoms with Gasteiger partial charge in [-0.3, -0.25) is 19.1 Å². The van der Waals surface area contributed by atoms with Crippen LogP contribution in [-0.4, -0.2) is 66.1 Å². The summed E-state index contributed by atoms with van der Waals surface area (Å²) in [7, 11) is -2.14. The topological polar surface area (TPSA) is 133 Å². The van der Waals surface area contributed by atoms with Gasteiger partial charge in [0, 0.05) is 19.5 Å².